The summed E-state index contributed by atoms with van der Waals surface area (Å²) in [6.07, 6.45) is 0. The van der Waals surface area contributed by atoms with E-state index in [2.05, 4.69) is 48.8 Å². The van der Waals surface area contributed by atoms with Crippen LogP contribution in [0.25, 0.3) is 0 Å². The first-order valence-corrected chi connectivity index (χ1v) is 10.5. The van der Waals surface area contributed by atoms with Crippen molar-refractivity contribution in [3.05, 3.63) is 88.1 Å². The predicted octanol–water partition coefficient (Wildman–Crippen LogP) is 5.75. The van der Waals surface area contributed by atoms with Crippen molar-refractivity contribution >= 4 is 29.0 Å². The number of carbonyl (C=O) groups is 1. The van der Waals surface area contributed by atoms with E-state index in [1.54, 1.807) is 23.1 Å². The summed E-state index contributed by atoms with van der Waals surface area (Å²) in [5.74, 6) is 0.876. The Kier molecular flexibility index (Phi) is 6.17. The van der Waals surface area contributed by atoms with Crippen molar-refractivity contribution in [2.75, 3.05) is 6.54 Å². The molecule has 4 heteroatoms. The van der Waals surface area contributed by atoms with Gasteiger partial charge in [0.05, 0.1) is 5.56 Å². The molecule has 1 heterocycles. The minimum Gasteiger partial charge on any atom is -0.351 e. The highest BCUT2D eigenvalue weighted by molar-refractivity contribution is 7.98. The molecule has 134 valence electrons. The maximum absolute atomic E-state index is 12.8. The van der Waals surface area contributed by atoms with E-state index >= 15 is 0 Å². The third-order valence-electron chi connectivity index (χ3n) is 4.33. The topological polar surface area (TPSA) is 29.1 Å². The number of hydrogen-bond donors (Lipinski definition) is 1. The molecule has 3 rings (SSSR count). The summed E-state index contributed by atoms with van der Waals surface area (Å²) in [6, 6.07) is 22.3. The molecule has 0 fully saturated rings. The molecule has 2 nitrogen and oxygen atoms in total. The molecule has 0 bridgehead atoms. The lowest BCUT2D eigenvalue weighted by atomic mass is 9.84. The number of nitrogens with one attached hydrogen (secondary N) is 1. The minimum atomic E-state index is -0.115. The van der Waals surface area contributed by atoms with Crippen molar-refractivity contribution in [1.82, 2.24) is 5.32 Å². The van der Waals surface area contributed by atoms with Crippen LogP contribution in [-0.4, -0.2) is 12.5 Å². The zero-order chi connectivity index (χ0) is 18.4. The van der Waals surface area contributed by atoms with Crippen LogP contribution >= 0.6 is 23.1 Å². The first-order chi connectivity index (χ1) is 12.6. The predicted molar refractivity (Wildman–Crippen MR) is 112 cm³/mol. The Morgan fingerprint density at radius 1 is 1.00 bits per heavy atom. The van der Waals surface area contributed by atoms with Crippen molar-refractivity contribution < 1.29 is 4.79 Å². The Labute approximate surface area is 163 Å². The number of benzene rings is 2. The molecule has 0 spiro atoms. The van der Waals surface area contributed by atoms with Gasteiger partial charge in [-0.3, -0.25) is 4.79 Å². The number of rotatable bonds is 7. The molecule has 2 aromatic carbocycles. The average molecular weight is 382 g/mol. The van der Waals surface area contributed by atoms with Crippen LogP contribution in [0.2, 0.25) is 0 Å². The third kappa shape index (κ3) is 4.77. The molecule has 3 aromatic rings. The van der Waals surface area contributed by atoms with Crippen LogP contribution < -0.4 is 5.32 Å². The summed E-state index contributed by atoms with van der Waals surface area (Å²) in [7, 11) is 0. The molecule has 0 aliphatic carbocycles. The Bertz CT molecular complexity index is 842. The number of thioether (sulfide) groups is 1. The van der Waals surface area contributed by atoms with Crippen molar-refractivity contribution in [2.24, 2.45) is 0 Å². The van der Waals surface area contributed by atoms with Crippen LogP contribution in [0.15, 0.2) is 77.0 Å². The van der Waals surface area contributed by atoms with Gasteiger partial charge in [-0.15, -0.1) is 23.1 Å². The van der Waals surface area contributed by atoms with Gasteiger partial charge < -0.3 is 5.32 Å². The fraction of sp³-hybridized carbons (Fsp3) is 0.227. The van der Waals surface area contributed by atoms with Crippen LogP contribution in [0.1, 0.15) is 34.6 Å². The molecule has 1 aromatic heterocycles. The maximum Gasteiger partial charge on any atom is 0.252 e. The first-order valence-electron chi connectivity index (χ1n) is 8.64. The van der Waals surface area contributed by atoms with Crippen LogP contribution in [-0.2, 0) is 11.2 Å². The van der Waals surface area contributed by atoms with Gasteiger partial charge in [-0.2, -0.15) is 0 Å². The van der Waals surface area contributed by atoms with Gasteiger partial charge in [0.15, 0.2) is 0 Å². The summed E-state index contributed by atoms with van der Waals surface area (Å²) in [5, 5.41) is 5.21. The second-order valence-corrected chi connectivity index (χ2v) is 8.85. The number of thiophene rings is 1. The summed E-state index contributed by atoms with van der Waals surface area (Å²) in [6.45, 7) is 4.90. The normalized spacial score (nSPS) is 11.3. The molecule has 26 heavy (non-hydrogen) atoms. The minimum absolute atomic E-state index is 0.0108. The van der Waals surface area contributed by atoms with E-state index in [9.17, 15) is 4.79 Å². The zero-order valence-corrected chi connectivity index (χ0v) is 16.7. The fourth-order valence-corrected chi connectivity index (χ4v) is 4.53. The Hall–Kier alpha value is -2.04. The molecule has 0 saturated heterocycles. The fourth-order valence-electron chi connectivity index (χ4n) is 2.71. The maximum atomic E-state index is 12.8. The monoisotopic (exact) mass is 381 g/mol. The molecule has 0 aliphatic rings. The van der Waals surface area contributed by atoms with Crippen molar-refractivity contribution in [3.63, 3.8) is 0 Å². The third-order valence-corrected chi connectivity index (χ3v) is 6.51. The molecule has 0 aliphatic heterocycles. The SMILES string of the molecule is CC(C)(CNC(=O)c1ccccc1SCc1cccs1)c1ccccc1. The second kappa shape index (κ2) is 8.56. The molecule has 0 atom stereocenters. The van der Waals surface area contributed by atoms with Gasteiger partial charge in [0, 0.05) is 27.5 Å². The highest BCUT2D eigenvalue weighted by Crippen LogP contribution is 2.28. The smallest absolute Gasteiger partial charge is 0.252 e. The van der Waals surface area contributed by atoms with E-state index in [-0.39, 0.29) is 11.3 Å². The van der Waals surface area contributed by atoms with Gasteiger partial charge in [0.2, 0.25) is 0 Å². The van der Waals surface area contributed by atoms with Crippen LogP contribution in [0.5, 0.6) is 0 Å². The van der Waals surface area contributed by atoms with Gasteiger partial charge in [0.25, 0.3) is 5.91 Å². The zero-order valence-electron chi connectivity index (χ0n) is 15.1. The van der Waals surface area contributed by atoms with Crippen molar-refractivity contribution in [2.45, 2.75) is 29.9 Å². The van der Waals surface area contributed by atoms with Gasteiger partial charge in [-0.25, -0.2) is 0 Å². The van der Waals surface area contributed by atoms with Crippen LogP contribution in [0, 0.1) is 0 Å². The summed E-state index contributed by atoms with van der Waals surface area (Å²) in [5.41, 5.74) is 1.86. The van der Waals surface area contributed by atoms with Gasteiger partial charge in [0.1, 0.15) is 0 Å². The number of carbonyl (C=O) groups excluding carboxylic acids is 1. The highest BCUT2D eigenvalue weighted by atomic mass is 32.2. The van der Waals surface area contributed by atoms with E-state index in [1.807, 2.05) is 42.5 Å². The van der Waals surface area contributed by atoms with Crippen LogP contribution in [0.3, 0.4) is 0 Å². The van der Waals surface area contributed by atoms with Crippen LogP contribution in [0.4, 0.5) is 0 Å². The highest BCUT2D eigenvalue weighted by Gasteiger charge is 2.22. The lowest BCUT2D eigenvalue weighted by Crippen LogP contribution is -2.36. The van der Waals surface area contributed by atoms with E-state index in [0.29, 0.717) is 6.54 Å². The largest absolute Gasteiger partial charge is 0.351 e. The Morgan fingerprint density at radius 3 is 2.46 bits per heavy atom. The lowest BCUT2D eigenvalue weighted by molar-refractivity contribution is 0.0942. The summed E-state index contributed by atoms with van der Waals surface area (Å²) in [4.78, 5) is 15.1. The van der Waals surface area contributed by atoms with Gasteiger partial charge in [-0.1, -0.05) is 62.4 Å². The first kappa shape index (κ1) is 18.7. The molecule has 0 unspecified atom stereocenters. The molecule has 0 radical (unpaired) electrons. The lowest BCUT2D eigenvalue weighted by Gasteiger charge is -2.26. The standard InChI is InChI=1S/C22H23NOS2/c1-22(2,17-9-4-3-5-10-17)16-23-21(24)19-12-6-7-13-20(19)26-15-18-11-8-14-25-18/h3-14H,15-16H2,1-2H3,(H,23,24). The summed E-state index contributed by atoms with van der Waals surface area (Å²) >= 11 is 3.46. The Morgan fingerprint density at radius 2 is 1.73 bits per heavy atom. The Balaban J connectivity index is 1.66. The van der Waals surface area contributed by atoms with E-state index < -0.39 is 0 Å². The van der Waals surface area contributed by atoms with Crippen molar-refractivity contribution in [3.8, 4) is 0 Å². The van der Waals surface area contributed by atoms with E-state index in [1.165, 1.54) is 10.4 Å². The molecular weight excluding hydrogens is 358 g/mol. The molecule has 1 N–H and O–H groups in total. The van der Waals surface area contributed by atoms with E-state index in [4.69, 9.17) is 0 Å². The average Bonchev–Trinajstić information content (AvgIpc) is 3.19. The van der Waals surface area contributed by atoms with E-state index in [0.717, 1.165) is 16.2 Å². The number of hydrogen-bond acceptors (Lipinski definition) is 3. The molecular formula is C22H23NOS2. The summed E-state index contributed by atoms with van der Waals surface area (Å²) < 4.78 is 0. The number of amides is 1. The van der Waals surface area contributed by atoms with Gasteiger partial charge in [-0.05, 0) is 29.1 Å². The second-order valence-electron chi connectivity index (χ2n) is 6.80. The molecule has 1 amide bonds. The molecule has 0 saturated carbocycles. The van der Waals surface area contributed by atoms with Gasteiger partial charge >= 0.3 is 0 Å². The quantitative estimate of drug-likeness (QED) is 0.528. The van der Waals surface area contributed by atoms with Crippen molar-refractivity contribution in [1.29, 1.82) is 0 Å².